The van der Waals surface area contributed by atoms with Gasteiger partial charge in [0.2, 0.25) is 0 Å². The minimum absolute atomic E-state index is 0.150. The van der Waals surface area contributed by atoms with Crippen molar-refractivity contribution in [2.45, 2.75) is 20.4 Å². The van der Waals surface area contributed by atoms with Gasteiger partial charge in [0.25, 0.3) is 5.91 Å². The summed E-state index contributed by atoms with van der Waals surface area (Å²) in [4.78, 5) is 11.7. The summed E-state index contributed by atoms with van der Waals surface area (Å²) in [5.41, 5.74) is 5.16. The molecule has 5 nitrogen and oxygen atoms in total. The SMILES string of the molecule is Cc1cc(C)n(CC(=O)N/N=C\c2ccc(Cl)cc2)n1. The van der Waals surface area contributed by atoms with E-state index in [1.54, 1.807) is 23.0 Å². The Bertz CT molecular complexity index is 631. The normalized spacial score (nSPS) is 10.9. The van der Waals surface area contributed by atoms with Gasteiger partial charge in [-0.3, -0.25) is 9.48 Å². The number of hydrogen-bond donors (Lipinski definition) is 1. The van der Waals surface area contributed by atoms with E-state index in [1.165, 1.54) is 0 Å². The van der Waals surface area contributed by atoms with Gasteiger partial charge in [-0.25, -0.2) is 5.43 Å². The zero-order chi connectivity index (χ0) is 14.5. The van der Waals surface area contributed by atoms with Crippen molar-refractivity contribution in [3.8, 4) is 0 Å². The summed E-state index contributed by atoms with van der Waals surface area (Å²) in [5.74, 6) is -0.221. The molecular weight excluding hydrogens is 276 g/mol. The van der Waals surface area contributed by atoms with Crippen molar-refractivity contribution >= 4 is 23.7 Å². The van der Waals surface area contributed by atoms with E-state index < -0.39 is 0 Å². The highest BCUT2D eigenvalue weighted by molar-refractivity contribution is 6.30. The molecule has 20 heavy (non-hydrogen) atoms. The molecule has 0 fully saturated rings. The Morgan fingerprint density at radius 2 is 2.10 bits per heavy atom. The number of benzene rings is 1. The number of halogens is 1. The second-order valence-electron chi connectivity index (χ2n) is 4.43. The molecule has 1 amide bonds. The van der Waals surface area contributed by atoms with Gasteiger partial charge in [0, 0.05) is 10.7 Å². The molecule has 0 atom stereocenters. The van der Waals surface area contributed by atoms with Gasteiger partial charge >= 0.3 is 0 Å². The standard InChI is InChI=1S/C14H15ClN4O/c1-10-7-11(2)19(18-10)9-14(20)17-16-8-12-3-5-13(15)6-4-12/h3-8H,9H2,1-2H3,(H,17,20)/b16-8-. The molecule has 0 saturated carbocycles. The van der Waals surface area contributed by atoms with Crippen LogP contribution in [0.2, 0.25) is 5.02 Å². The minimum Gasteiger partial charge on any atom is -0.271 e. The fourth-order valence-corrected chi connectivity index (χ4v) is 1.86. The van der Waals surface area contributed by atoms with Crippen LogP contribution < -0.4 is 5.43 Å². The average Bonchev–Trinajstić information content (AvgIpc) is 2.70. The molecule has 2 rings (SSSR count). The maximum absolute atomic E-state index is 11.7. The first-order chi connectivity index (χ1) is 9.54. The first-order valence-corrected chi connectivity index (χ1v) is 6.51. The summed E-state index contributed by atoms with van der Waals surface area (Å²) in [6, 6.07) is 9.09. The van der Waals surface area contributed by atoms with E-state index in [0.29, 0.717) is 5.02 Å². The molecule has 1 N–H and O–H groups in total. The van der Waals surface area contributed by atoms with E-state index in [1.807, 2.05) is 32.0 Å². The molecule has 6 heteroatoms. The number of carbonyl (C=O) groups excluding carboxylic acids is 1. The molecule has 1 aromatic carbocycles. The number of aromatic nitrogens is 2. The maximum Gasteiger partial charge on any atom is 0.261 e. The first kappa shape index (κ1) is 14.3. The number of carbonyl (C=O) groups is 1. The summed E-state index contributed by atoms with van der Waals surface area (Å²) < 4.78 is 1.64. The fraction of sp³-hybridized carbons (Fsp3) is 0.214. The smallest absolute Gasteiger partial charge is 0.261 e. The van der Waals surface area contributed by atoms with Crippen molar-refractivity contribution < 1.29 is 4.79 Å². The third-order valence-electron chi connectivity index (χ3n) is 2.67. The first-order valence-electron chi connectivity index (χ1n) is 6.13. The highest BCUT2D eigenvalue weighted by Crippen LogP contribution is 2.07. The summed E-state index contributed by atoms with van der Waals surface area (Å²) in [7, 11) is 0. The molecule has 2 aromatic rings. The van der Waals surface area contributed by atoms with Crippen LogP contribution in [0, 0.1) is 13.8 Å². The van der Waals surface area contributed by atoms with Crippen LogP contribution in [0.1, 0.15) is 17.0 Å². The summed E-state index contributed by atoms with van der Waals surface area (Å²) >= 11 is 5.78. The Hall–Kier alpha value is -2.14. The highest BCUT2D eigenvalue weighted by atomic mass is 35.5. The van der Waals surface area contributed by atoms with Crippen LogP contribution in [0.4, 0.5) is 0 Å². The van der Waals surface area contributed by atoms with Crippen LogP contribution in [0.15, 0.2) is 35.4 Å². The van der Waals surface area contributed by atoms with Crippen LogP contribution in [0.25, 0.3) is 0 Å². The average molecular weight is 291 g/mol. The zero-order valence-electron chi connectivity index (χ0n) is 11.3. The predicted octanol–water partition coefficient (Wildman–Crippen LogP) is 2.30. The van der Waals surface area contributed by atoms with Gasteiger partial charge in [-0.1, -0.05) is 23.7 Å². The number of aryl methyl sites for hydroxylation is 2. The summed E-state index contributed by atoms with van der Waals surface area (Å²) in [6.45, 7) is 3.95. The lowest BCUT2D eigenvalue weighted by molar-refractivity contribution is -0.121. The maximum atomic E-state index is 11.7. The van der Waals surface area contributed by atoms with Gasteiger partial charge in [-0.05, 0) is 37.6 Å². The molecule has 0 radical (unpaired) electrons. The van der Waals surface area contributed by atoms with Crippen molar-refractivity contribution in [3.05, 3.63) is 52.3 Å². The number of hydrazone groups is 1. The summed E-state index contributed by atoms with van der Waals surface area (Å²) in [6.07, 6.45) is 1.56. The fourth-order valence-electron chi connectivity index (χ4n) is 1.73. The predicted molar refractivity (Wildman–Crippen MR) is 78.9 cm³/mol. The molecule has 0 unspecified atom stereocenters. The Morgan fingerprint density at radius 3 is 2.70 bits per heavy atom. The van der Waals surface area contributed by atoms with E-state index >= 15 is 0 Å². The highest BCUT2D eigenvalue weighted by Gasteiger charge is 2.05. The van der Waals surface area contributed by atoms with Crippen molar-refractivity contribution in [1.82, 2.24) is 15.2 Å². The van der Waals surface area contributed by atoms with E-state index in [-0.39, 0.29) is 12.5 Å². The van der Waals surface area contributed by atoms with Crippen molar-refractivity contribution in [2.24, 2.45) is 5.10 Å². The topological polar surface area (TPSA) is 59.3 Å². The summed E-state index contributed by atoms with van der Waals surface area (Å²) in [5, 5.41) is 8.77. The lowest BCUT2D eigenvalue weighted by Crippen LogP contribution is -2.24. The third kappa shape index (κ3) is 3.93. The molecule has 1 heterocycles. The number of hydrogen-bond acceptors (Lipinski definition) is 3. The molecule has 0 aliphatic heterocycles. The molecular formula is C14H15ClN4O. The molecule has 0 spiro atoms. The molecule has 104 valence electrons. The lowest BCUT2D eigenvalue weighted by atomic mass is 10.2. The van der Waals surface area contributed by atoms with Crippen LogP contribution >= 0.6 is 11.6 Å². The largest absolute Gasteiger partial charge is 0.271 e. The van der Waals surface area contributed by atoms with Gasteiger partial charge in [-0.15, -0.1) is 0 Å². The van der Waals surface area contributed by atoms with Crippen molar-refractivity contribution in [1.29, 1.82) is 0 Å². The quantitative estimate of drug-likeness (QED) is 0.694. The Morgan fingerprint density at radius 1 is 1.40 bits per heavy atom. The van der Waals surface area contributed by atoms with E-state index in [0.717, 1.165) is 17.0 Å². The Kier molecular flexibility index (Phi) is 4.53. The van der Waals surface area contributed by atoms with Gasteiger partial charge in [0.1, 0.15) is 6.54 Å². The van der Waals surface area contributed by atoms with E-state index in [4.69, 9.17) is 11.6 Å². The number of rotatable bonds is 4. The molecule has 0 bridgehead atoms. The zero-order valence-corrected chi connectivity index (χ0v) is 12.1. The Labute approximate surface area is 122 Å². The third-order valence-corrected chi connectivity index (χ3v) is 2.92. The van der Waals surface area contributed by atoms with E-state index in [9.17, 15) is 4.79 Å². The monoisotopic (exact) mass is 290 g/mol. The van der Waals surface area contributed by atoms with Crippen LogP contribution in [-0.4, -0.2) is 21.9 Å². The van der Waals surface area contributed by atoms with Gasteiger partial charge in [0.05, 0.1) is 11.9 Å². The minimum atomic E-state index is -0.221. The van der Waals surface area contributed by atoms with Gasteiger partial charge < -0.3 is 0 Å². The number of nitrogens with zero attached hydrogens (tertiary/aromatic N) is 3. The van der Waals surface area contributed by atoms with Crippen molar-refractivity contribution in [2.75, 3.05) is 0 Å². The molecule has 1 aromatic heterocycles. The van der Waals surface area contributed by atoms with Crippen LogP contribution in [0.5, 0.6) is 0 Å². The van der Waals surface area contributed by atoms with Gasteiger partial charge in [-0.2, -0.15) is 10.2 Å². The molecule has 0 saturated heterocycles. The van der Waals surface area contributed by atoms with E-state index in [2.05, 4.69) is 15.6 Å². The van der Waals surface area contributed by atoms with Crippen LogP contribution in [-0.2, 0) is 11.3 Å². The van der Waals surface area contributed by atoms with Crippen LogP contribution in [0.3, 0.4) is 0 Å². The number of amides is 1. The second kappa shape index (κ2) is 6.34. The lowest BCUT2D eigenvalue weighted by Gasteiger charge is -2.02. The van der Waals surface area contributed by atoms with Crippen molar-refractivity contribution in [3.63, 3.8) is 0 Å². The molecule has 0 aliphatic carbocycles. The molecule has 0 aliphatic rings. The second-order valence-corrected chi connectivity index (χ2v) is 4.87. The Balaban J connectivity index is 1.89. The number of nitrogens with one attached hydrogen (secondary N) is 1. The van der Waals surface area contributed by atoms with Gasteiger partial charge in [0.15, 0.2) is 0 Å².